The van der Waals surface area contributed by atoms with Crippen LogP contribution in [-0.4, -0.2) is 32.8 Å². The Morgan fingerprint density at radius 3 is 2.86 bits per heavy atom. The van der Waals surface area contributed by atoms with Gasteiger partial charge >= 0.3 is 0 Å². The Morgan fingerprint density at radius 2 is 2.19 bits per heavy atom. The Balaban J connectivity index is 1.93. The number of rotatable bonds is 9. The quantitative estimate of drug-likeness (QED) is 0.712. The zero-order valence-corrected chi connectivity index (χ0v) is 13.1. The molecule has 1 aromatic rings. The van der Waals surface area contributed by atoms with E-state index in [0.29, 0.717) is 13.0 Å². The van der Waals surface area contributed by atoms with Crippen LogP contribution in [0.1, 0.15) is 31.7 Å². The molecule has 0 amide bonds. The van der Waals surface area contributed by atoms with Gasteiger partial charge in [0.25, 0.3) is 0 Å². The Labute approximate surface area is 127 Å². The highest BCUT2D eigenvalue weighted by atomic mass is 19.1. The zero-order valence-electron chi connectivity index (χ0n) is 13.1. The number of anilines is 1. The van der Waals surface area contributed by atoms with Crippen LogP contribution in [-0.2, 0) is 11.2 Å². The fourth-order valence-corrected chi connectivity index (χ4v) is 2.37. The third-order valence-electron chi connectivity index (χ3n) is 4.12. The van der Waals surface area contributed by atoms with E-state index in [1.165, 1.54) is 18.9 Å². The highest BCUT2D eigenvalue weighted by Gasteiger charge is 2.21. The minimum absolute atomic E-state index is 0.000154. The number of hydrogen-bond donors (Lipinski definition) is 1. The van der Waals surface area contributed by atoms with E-state index < -0.39 is 0 Å². The van der Waals surface area contributed by atoms with Crippen LogP contribution in [0.2, 0.25) is 0 Å². The lowest BCUT2D eigenvalue weighted by Crippen LogP contribution is -2.27. The third-order valence-corrected chi connectivity index (χ3v) is 4.12. The molecule has 1 fully saturated rings. The van der Waals surface area contributed by atoms with Gasteiger partial charge in [0, 0.05) is 37.5 Å². The maximum atomic E-state index is 14.1. The summed E-state index contributed by atoms with van der Waals surface area (Å²) in [4.78, 5) is 2.06. The number of halogens is 1. The summed E-state index contributed by atoms with van der Waals surface area (Å²) >= 11 is 0. The van der Waals surface area contributed by atoms with Crippen molar-refractivity contribution in [2.75, 3.05) is 31.7 Å². The first-order valence-corrected chi connectivity index (χ1v) is 7.93. The van der Waals surface area contributed by atoms with Gasteiger partial charge < -0.3 is 15.4 Å². The molecule has 1 aliphatic carbocycles. The number of benzene rings is 1. The van der Waals surface area contributed by atoms with Crippen LogP contribution in [0.25, 0.3) is 0 Å². The lowest BCUT2D eigenvalue weighted by atomic mass is 10.0. The number of likely N-dealkylation sites (N-methyl/N-ethyl adjacent to an activating group) is 1. The van der Waals surface area contributed by atoms with E-state index in [1.54, 1.807) is 6.07 Å². The first-order chi connectivity index (χ1) is 10.1. The number of hydrogen-bond acceptors (Lipinski definition) is 3. The molecule has 0 radical (unpaired) electrons. The number of nitrogens with two attached hydrogens (primary N) is 1. The molecule has 3 nitrogen and oxygen atoms in total. The summed E-state index contributed by atoms with van der Waals surface area (Å²) in [5, 5.41) is 0. The van der Waals surface area contributed by atoms with Crippen LogP contribution < -0.4 is 10.6 Å². The van der Waals surface area contributed by atoms with E-state index >= 15 is 0 Å². The smallest absolute Gasteiger partial charge is 0.128 e. The molecule has 0 aromatic heterocycles. The van der Waals surface area contributed by atoms with E-state index in [4.69, 9.17) is 10.5 Å². The van der Waals surface area contributed by atoms with Crippen molar-refractivity contribution in [2.45, 2.75) is 38.6 Å². The van der Waals surface area contributed by atoms with Crippen molar-refractivity contribution < 1.29 is 9.13 Å². The number of nitrogens with zero attached hydrogens (tertiary/aromatic N) is 1. The van der Waals surface area contributed by atoms with Gasteiger partial charge in [0.05, 0.1) is 6.61 Å². The topological polar surface area (TPSA) is 38.5 Å². The highest BCUT2D eigenvalue weighted by molar-refractivity contribution is 5.54. The first kappa shape index (κ1) is 16.2. The molecule has 118 valence electrons. The summed E-state index contributed by atoms with van der Waals surface area (Å²) in [6.07, 6.45) is 4.03. The van der Waals surface area contributed by atoms with Crippen LogP contribution in [0.4, 0.5) is 10.1 Å². The fourth-order valence-electron chi connectivity index (χ4n) is 2.37. The van der Waals surface area contributed by atoms with Crippen LogP contribution in [0, 0.1) is 11.7 Å². The average molecular weight is 294 g/mol. The van der Waals surface area contributed by atoms with Gasteiger partial charge in [-0.25, -0.2) is 4.39 Å². The van der Waals surface area contributed by atoms with E-state index in [0.717, 1.165) is 36.7 Å². The summed E-state index contributed by atoms with van der Waals surface area (Å²) in [6, 6.07) is 5.23. The molecule has 1 aliphatic rings. The molecule has 2 rings (SSSR count). The molecule has 0 bridgehead atoms. The summed E-state index contributed by atoms with van der Waals surface area (Å²) in [6.45, 7) is 4.35. The Bertz CT molecular complexity index is 448. The molecule has 4 heteroatoms. The SMILES string of the molecule is CCC(N)Cc1c(F)cccc1N(C)CCOCC1CC1. The average Bonchev–Trinajstić information content (AvgIpc) is 3.29. The standard InChI is InChI=1S/C17H27FN2O/c1-3-14(19)11-15-16(18)5-4-6-17(15)20(2)9-10-21-12-13-7-8-13/h4-6,13-14H,3,7-12,19H2,1-2H3. The van der Waals surface area contributed by atoms with E-state index in [2.05, 4.69) is 4.90 Å². The molecule has 21 heavy (non-hydrogen) atoms. The second-order valence-electron chi connectivity index (χ2n) is 6.05. The van der Waals surface area contributed by atoms with Crippen LogP contribution in [0.3, 0.4) is 0 Å². The predicted octanol–water partition coefficient (Wildman–Crippen LogP) is 2.97. The van der Waals surface area contributed by atoms with Crippen molar-refractivity contribution in [2.24, 2.45) is 11.7 Å². The van der Waals surface area contributed by atoms with E-state index in [1.807, 2.05) is 20.0 Å². The summed E-state index contributed by atoms with van der Waals surface area (Å²) in [7, 11) is 1.98. The predicted molar refractivity (Wildman–Crippen MR) is 85.2 cm³/mol. The Hall–Kier alpha value is -1.13. The monoisotopic (exact) mass is 294 g/mol. The van der Waals surface area contributed by atoms with Crippen molar-refractivity contribution in [1.29, 1.82) is 0 Å². The van der Waals surface area contributed by atoms with Crippen molar-refractivity contribution in [1.82, 2.24) is 0 Å². The van der Waals surface area contributed by atoms with Crippen molar-refractivity contribution >= 4 is 5.69 Å². The summed E-state index contributed by atoms with van der Waals surface area (Å²) in [5.41, 5.74) is 7.64. The zero-order chi connectivity index (χ0) is 15.2. The first-order valence-electron chi connectivity index (χ1n) is 7.93. The van der Waals surface area contributed by atoms with Gasteiger partial charge in [0.15, 0.2) is 0 Å². The van der Waals surface area contributed by atoms with Crippen molar-refractivity contribution in [3.8, 4) is 0 Å². The van der Waals surface area contributed by atoms with E-state index in [9.17, 15) is 4.39 Å². The van der Waals surface area contributed by atoms with Gasteiger partial charge in [0.2, 0.25) is 0 Å². The van der Waals surface area contributed by atoms with Crippen LogP contribution in [0.15, 0.2) is 18.2 Å². The van der Waals surface area contributed by atoms with Gasteiger partial charge in [-0.2, -0.15) is 0 Å². The maximum absolute atomic E-state index is 14.1. The molecule has 2 N–H and O–H groups in total. The lowest BCUT2D eigenvalue weighted by Gasteiger charge is -2.24. The highest BCUT2D eigenvalue weighted by Crippen LogP contribution is 2.29. The van der Waals surface area contributed by atoms with Gasteiger partial charge in [-0.1, -0.05) is 13.0 Å². The molecular weight excluding hydrogens is 267 g/mol. The summed E-state index contributed by atoms with van der Waals surface area (Å²) in [5.74, 6) is 0.615. The minimum Gasteiger partial charge on any atom is -0.379 e. The second-order valence-corrected chi connectivity index (χ2v) is 6.05. The van der Waals surface area contributed by atoms with Gasteiger partial charge in [-0.05, 0) is 43.7 Å². The molecule has 1 unspecified atom stereocenters. The van der Waals surface area contributed by atoms with Crippen molar-refractivity contribution in [3.63, 3.8) is 0 Å². The molecule has 0 saturated heterocycles. The molecule has 0 spiro atoms. The van der Waals surface area contributed by atoms with Gasteiger partial charge in [0.1, 0.15) is 5.82 Å². The molecule has 1 aromatic carbocycles. The van der Waals surface area contributed by atoms with E-state index in [-0.39, 0.29) is 11.9 Å². The van der Waals surface area contributed by atoms with Crippen molar-refractivity contribution in [3.05, 3.63) is 29.6 Å². The molecular formula is C17H27FN2O. The number of ether oxygens (including phenoxy) is 1. The Morgan fingerprint density at radius 1 is 1.43 bits per heavy atom. The Kier molecular flexibility index (Phi) is 6.00. The molecule has 1 atom stereocenters. The molecule has 0 heterocycles. The second kappa shape index (κ2) is 7.76. The largest absolute Gasteiger partial charge is 0.379 e. The van der Waals surface area contributed by atoms with Gasteiger partial charge in [-0.3, -0.25) is 0 Å². The molecule has 1 saturated carbocycles. The normalized spacial score (nSPS) is 16.0. The van der Waals surface area contributed by atoms with Gasteiger partial charge in [-0.15, -0.1) is 0 Å². The molecule has 0 aliphatic heterocycles. The van der Waals surface area contributed by atoms with Crippen LogP contribution in [0.5, 0.6) is 0 Å². The lowest BCUT2D eigenvalue weighted by molar-refractivity contribution is 0.131. The fraction of sp³-hybridized carbons (Fsp3) is 0.647. The summed E-state index contributed by atoms with van der Waals surface area (Å²) < 4.78 is 19.8. The minimum atomic E-state index is -0.165. The maximum Gasteiger partial charge on any atom is 0.128 e. The third kappa shape index (κ3) is 4.97. The van der Waals surface area contributed by atoms with Crippen LogP contribution >= 0.6 is 0 Å².